The molecule has 0 bridgehead atoms. The second-order valence-corrected chi connectivity index (χ2v) is 3.64. The van der Waals surface area contributed by atoms with E-state index in [2.05, 4.69) is 19.2 Å². The summed E-state index contributed by atoms with van der Waals surface area (Å²) in [6.07, 6.45) is 0.662. The number of rotatable bonds is 5. The van der Waals surface area contributed by atoms with Crippen molar-refractivity contribution < 1.29 is 9.47 Å². The highest BCUT2D eigenvalue weighted by molar-refractivity contribution is 4.71. The van der Waals surface area contributed by atoms with Crippen LogP contribution in [0, 0.1) is 5.92 Å². The van der Waals surface area contributed by atoms with E-state index in [9.17, 15) is 0 Å². The quantitative estimate of drug-likeness (QED) is 0.662. The number of hydrogen-bond acceptors (Lipinski definition) is 3. The second kappa shape index (κ2) is 4.80. The lowest BCUT2D eigenvalue weighted by Gasteiger charge is -2.32. The lowest BCUT2D eigenvalue weighted by atomic mass is 10.1. The first-order valence-corrected chi connectivity index (χ1v) is 4.62. The highest BCUT2D eigenvalue weighted by Gasteiger charge is 2.24. The lowest BCUT2D eigenvalue weighted by Crippen LogP contribution is -2.43. The third-order valence-electron chi connectivity index (χ3n) is 2.12. The van der Waals surface area contributed by atoms with E-state index in [0.717, 1.165) is 19.8 Å². The highest BCUT2D eigenvalue weighted by Crippen LogP contribution is 2.13. The normalized spacial score (nSPS) is 21.0. The van der Waals surface area contributed by atoms with Crippen LogP contribution in [0.25, 0.3) is 0 Å². The fourth-order valence-corrected chi connectivity index (χ4v) is 1.18. The molecule has 0 aromatic carbocycles. The first-order valence-electron chi connectivity index (χ1n) is 4.62. The zero-order chi connectivity index (χ0) is 8.97. The molecule has 0 radical (unpaired) electrons. The summed E-state index contributed by atoms with van der Waals surface area (Å²) in [6.45, 7) is 6.83. The van der Waals surface area contributed by atoms with E-state index >= 15 is 0 Å². The molecule has 12 heavy (non-hydrogen) atoms. The molecule has 0 aliphatic carbocycles. The summed E-state index contributed by atoms with van der Waals surface area (Å²) in [7, 11) is 1.95. The molecule has 0 aromatic heterocycles. The smallest absolute Gasteiger partial charge is 0.105 e. The van der Waals surface area contributed by atoms with Gasteiger partial charge in [-0.15, -0.1) is 0 Å². The number of likely N-dealkylation sites (N-methyl/N-ethyl adjacent to an activating group) is 1. The van der Waals surface area contributed by atoms with E-state index in [4.69, 9.17) is 9.47 Å². The van der Waals surface area contributed by atoms with Gasteiger partial charge in [-0.2, -0.15) is 0 Å². The van der Waals surface area contributed by atoms with Crippen LogP contribution in [0.3, 0.4) is 0 Å². The predicted octanol–water partition coefficient (Wildman–Crippen LogP) is 0.646. The zero-order valence-electron chi connectivity index (χ0n) is 8.17. The van der Waals surface area contributed by atoms with Crippen molar-refractivity contribution in [2.45, 2.75) is 26.1 Å². The minimum atomic E-state index is 0.323. The molecule has 72 valence electrons. The van der Waals surface area contributed by atoms with E-state index in [1.54, 1.807) is 0 Å². The van der Waals surface area contributed by atoms with Crippen molar-refractivity contribution in [1.82, 2.24) is 5.32 Å². The Kier molecular flexibility index (Phi) is 3.98. The van der Waals surface area contributed by atoms with Gasteiger partial charge < -0.3 is 14.8 Å². The molecule has 1 atom stereocenters. The van der Waals surface area contributed by atoms with Gasteiger partial charge in [0.1, 0.15) is 6.10 Å². The molecule has 0 saturated carbocycles. The minimum Gasteiger partial charge on any atom is -0.376 e. The molecule has 1 heterocycles. The maximum absolute atomic E-state index is 5.80. The summed E-state index contributed by atoms with van der Waals surface area (Å²) in [5.74, 6) is 0.568. The van der Waals surface area contributed by atoms with E-state index in [1.165, 1.54) is 0 Å². The Bertz CT molecular complexity index is 124. The Balaban J connectivity index is 2.21. The molecule has 0 aromatic rings. The average Bonchev–Trinajstić information content (AvgIpc) is 1.93. The molecule has 1 fully saturated rings. The van der Waals surface area contributed by atoms with Crippen LogP contribution in [-0.4, -0.2) is 39.0 Å². The van der Waals surface area contributed by atoms with Crippen molar-refractivity contribution in [3.05, 3.63) is 0 Å². The fraction of sp³-hybridized carbons (Fsp3) is 1.00. The van der Waals surface area contributed by atoms with Gasteiger partial charge in [-0.25, -0.2) is 0 Å². The molecule has 0 spiro atoms. The molecule has 1 aliphatic heterocycles. The largest absolute Gasteiger partial charge is 0.376 e. The van der Waals surface area contributed by atoms with Gasteiger partial charge in [0.25, 0.3) is 0 Å². The fourth-order valence-electron chi connectivity index (χ4n) is 1.18. The van der Waals surface area contributed by atoms with Crippen molar-refractivity contribution in [2.24, 2.45) is 5.92 Å². The molecule has 3 heteroatoms. The van der Waals surface area contributed by atoms with Crippen LogP contribution in [0.5, 0.6) is 0 Å². The van der Waals surface area contributed by atoms with Gasteiger partial charge in [-0.1, -0.05) is 13.8 Å². The van der Waals surface area contributed by atoms with Gasteiger partial charge >= 0.3 is 0 Å². The highest BCUT2D eigenvalue weighted by atomic mass is 16.6. The van der Waals surface area contributed by atoms with Crippen molar-refractivity contribution in [2.75, 3.05) is 26.8 Å². The molecule has 1 aliphatic rings. The Labute approximate surface area is 74.4 Å². The third kappa shape index (κ3) is 2.73. The van der Waals surface area contributed by atoms with Crippen LogP contribution < -0.4 is 5.32 Å². The molecular formula is C9H19NO2. The maximum Gasteiger partial charge on any atom is 0.105 e. The Morgan fingerprint density at radius 3 is 2.50 bits per heavy atom. The number of ether oxygens (including phenoxy) is 2. The Hall–Kier alpha value is -0.120. The van der Waals surface area contributed by atoms with Gasteiger partial charge in [-0.05, 0) is 13.0 Å². The summed E-state index contributed by atoms with van der Waals surface area (Å²) in [5.41, 5.74) is 0. The first kappa shape index (κ1) is 9.96. The van der Waals surface area contributed by atoms with Crippen molar-refractivity contribution in [3.8, 4) is 0 Å². The lowest BCUT2D eigenvalue weighted by molar-refractivity contribution is -0.161. The topological polar surface area (TPSA) is 30.5 Å². The SMILES string of the molecule is CNCC(OC1COC1)C(C)C. The van der Waals surface area contributed by atoms with Crippen LogP contribution in [0.4, 0.5) is 0 Å². The third-order valence-corrected chi connectivity index (χ3v) is 2.12. The van der Waals surface area contributed by atoms with Gasteiger partial charge in [0.15, 0.2) is 0 Å². The van der Waals surface area contributed by atoms with E-state index in [-0.39, 0.29) is 0 Å². The summed E-state index contributed by atoms with van der Waals surface area (Å²) >= 11 is 0. The number of hydrogen-bond donors (Lipinski definition) is 1. The van der Waals surface area contributed by atoms with E-state index in [1.807, 2.05) is 7.05 Å². The van der Waals surface area contributed by atoms with Crippen LogP contribution >= 0.6 is 0 Å². The summed E-state index contributed by atoms with van der Waals surface area (Å²) in [6, 6.07) is 0. The van der Waals surface area contributed by atoms with Crippen molar-refractivity contribution in [1.29, 1.82) is 0 Å². The van der Waals surface area contributed by atoms with Crippen molar-refractivity contribution >= 4 is 0 Å². The van der Waals surface area contributed by atoms with E-state index < -0.39 is 0 Å². The summed E-state index contributed by atoms with van der Waals surface area (Å²) in [5, 5.41) is 3.14. The first-order chi connectivity index (χ1) is 5.74. The van der Waals surface area contributed by atoms with Crippen LogP contribution in [0.1, 0.15) is 13.8 Å². The standard InChI is InChI=1S/C9H19NO2/c1-7(2)9(4-10-3)12-8-5-11-6-8/h7-10H,4-6H2,1-3H3. The van der Waals surface area contributed by atoms with Crippen LogP contribution in [-0.2, 0) is 9.47 Å². The Morgan fingerprint density at radius 1 is 1.50 bits per heavy atom. The van der Waals surface area contributed by atoms with Gasteiger partial charge in [0.05, 0.1) is 19.3 Å². The molecule has 1 rings (SSSR count). The minimum absolute atomic E-state index is 0.323. The second-order valence-electron chi connectivity index (χ2n) is 3.64. The molecular weight excluding hydrogens is 154 g/mol. The van der Waals surface area contributed by atoms with Crippen LogP contribution in [0.2, 0.25) is 0 Å². The molecule has 3 nitrogen and oxygen atoms in total. The monoisotopic (exact) mass is 173 g/mol. The van der Waals surface area contributed by atoms with Crippen molar-refractivity contribution in [3.63, 3.8) is 0 Å². The summed E-state index contributed by atoms with van der Waals surface area (Å²) in [4.78, 5) is 0. The molecule has 1 unspecified atom stereocenters. The Morgan fingerprint density at radius 2 is 2.17 bits per heavy atom. The maximum atomic E-state index is 5.80. The van der Waals surface area contributed by atoms with Gasteiger partial charge in [0.2, 0.25) is 0 Å². The molecule has 1 saturated heterocycles. The number of nitrogens with one attached hydrogen (secondary N) is 1. The van der Waals surface area contributed by atoms with Crippen LogP contribution in [0.15, 0.2) is 0 Å². The summed E-state index contributed by atoms with van der Waals surface area (Å²) < 4.78 is 10.8. The molecule has 1 N–H and O–H groups in total. The zero-order valence-corrected chi connectivity index (χ0v) is 8.17. The van der Waals surface area contributed by atoms with Gasteiger partial charge in [-0.3, -0.25) is 0 Å². The predicted molar refractivity (Wildman–Crippen MR) is 48.2 cm³/mol. The van der Waals surface area contributed by atoms with E-state index in [0.29, 0.717) is 18.1 Å². The van der Waals surface area contributed by atoms with Gasteiger partial charge in [0, 0.05) is 6.54 Å². The molecule has 0 amide bonds. The average molecular weight is 173 g/mol.